The molecule has 0 aromatic carbocycles. The predicted octanol–water partition coefficient (Wildman–Crippen LogP) is 4.94. The van der Waals surface area contributed by atoms with Gasteiger partial charge in [0.2, 0.25) is 0 Å². The third-order valence-electron chi connectivity index (χ3n) is 8.05. The Morgan fingerprint density at radius 3 is 1.38 bits per heavy atom. The van der Waals surface area contributed by atoms with Crippen molar-refractivity contribution in [3.05, 3.63) is 0 Å². The molecule has 4 aliphatic heterocycles. The van der Waals surface area contributed by atoms with Gasteiger partial charge in [-0.2, -0.15) is 0 Å². The topological polar surface area (TPSA) is 40.7 Å². The maximum absolute atomic E-state index is 5.42. The van der Waals surface area contributed by atoms with Gasteiger partial charge in [-0.15, -0.1) is 0 Å². The zero-order valence-electron chi connectivity index (χ0n) is 27.8. The lowest BCUT2D eigenvalue weighted by molar-refractivity contribution is -0.0288. The molecule has 0 aromatic rings. The van der Waals surface area contributed by atoms with Crippen LogP contribution in [0.3, 0.4) is 0 Å². The summed E-state index contributed by atoms with van der Waals surface area (Å²) >= 11 is 0. The lowest BCUT2D eigenvalue weighted by Gasteiger charge is -2.33. The summed E-state index contributed by atoms with van der Waals surface area (Å²) in [6.07, 6.45) is 3.23. The predicted molar refractivity (Wildman–Crippen MR) is 167 cm³/mol. The first-order chi connectivity index (χ1) is 18.5. The molecular weight excluding hydrogens is 488 g/mol. The molecule has 0 radical (unpaired) electrons. The molecule has 234 valence electrons. The van der Waals surface area contributed by atoms with E-state index in [2.05, 4.69) is 88.8 Å². The normalized spacial score (nSPS) is 24.6. The Morgan fingerprint density at radius 1 is 0.564 bits per heavy atom. The van der Waals surface area contributed by atoms with Crippen LogP contribution >= 0.6 is 0 Å². The molecule has 0 bridgehead atoms. The van der Waals surface area contributed by atoms with Gasteiger partial charge in [0.15, 0.2) is 0 Å². The highest BCUT2D eigenvalue weighted by molar-refractivity contribution is 4.72. The highest BCUT2D eigenvalue weighted by Gasteiger charge is 2.18. The fraction of sp³-hybridized carbons (Fsp3) is 1.00. The molecule has 0 N–H and O–H groups in total. The van der Waals surface area contributed by atoms with E-state index in [1.165, 1.54) is 32.5 Å². The molecule has 0 saturated carbocycles. The smallest absolute Gasteiger partial charge is 0.0674 e. The molecule has 4 aliphatic rings. The summed E-state index contributed by atoms with van der Waals surface area (Å²) in [4.78, 5) is 9.92. The van der Waals surface area contributed by atoms with Gasteiger partial charge in [-0.3, -0.25) is 14.7 Å². The average molecular weight is 557 g/mol. The van der Waals surface area contributed by atoms with Crippen LogP contribution in [0, 0.1) is 11.8 Å². The van der Waals surface area contributed by atoms with Gasteiger partial charge >= 0.3 is 0 Å². The molecule has 4 heterocycles. The molecule has 0 amide bonds. The van der Waals surface area contributed by atoms with Crippen molar-refractivity contribution in [2.24, 2.45) is 11.8 Å². The summed E-state index contributed by atoms with van der Waals surface area (Å²) < 4.78 is 15.9. The van der Waals surface area contributed by atoms with Crippen LogP contribution in [0.1, 0.15) is 82.1 Å². The number of hydrogen-bond donors (Lipinski definition) is 0. The molecule has 4 rings (SSSR count). The van der Waals surface area contributed by atoms with Gasteiger partial charge in [-0.05, 0) is 86.2 Å². The van der Waals surface area contributed by atoms with Gasteiger partial charge in [0, 0.05) is 63.9 Å². The Bertz CT molecular complexity index is 556. The van der Waals surface area contributed by atoms with Gasteiger partial charge in [0.25, 0.3) is 0 Å². The van der Waals surface area contributed by atoms with Crippen LogP contribution in [0.15, 0.2) is 0 Å². The van der Waals surface area contributed by atoms with E-state index in [0.29, 0.717) is 18.2 Å². The van der Waals surface area contributed by atoms with Crippen molar-refractivity contribution in [1.82, 2.24) is 19.6 Å². The number of likely N-dealkylation sites (tertiary alicyclic amines) is 1. The Kier molecular flexibility index (Phi) is 20.2. The monoisotopic (exact) mass is 557 g/mol. The van der Waals surface area contributed by atoms with Crippen LogP contribution in [0.5, 0.6) is 0 Å². The average Bonchev–Trinajstić information content (AvgIpc) is 2.91. The number of hydrogen-bond acceptors (Lipinski definition) is 7. The highest BCUT2D eigenvalue weighted by atomic mass is 16.5. The number of piperidine rings is 1. The van der Waals surface area contributed by atoms with Crippen LogP contribution in [0.2, 0.25) is 0 Å². The first-order valence-electron chi connectivity index (χ1n) is 16.2. The fourth-order valence-corrected chi connectivity index (χ4v) is 5.25. The van der Waals surface area contributed by atoms with E-state index < -0.39 is 0 Å². The Balaban J connectivity index is 0.000000260. The summed E-state index contributed by atoms with van der Waals surface area (Å²) in [5, 5.41) is 0. The molecule has 1 atom stereocenters. The second-order valence-electron chi connectivity index (χ2n) is 13.1. The highest BCUT2D eigenvalue weighted by Crippen LogP contribution is 2.17. The van der Waals surface area contributed by atoms with Crippen molar-refractivity contribution in [2.75, 3.05) is 91.9 Å². The van der Waals surface area contributed by atoms with E-state index >= 15 is 0 Å². The number of morpholine rings is 3. The molecule has 0 aromatic heterocycles. The summed E-state index contributed by atoms with van der Waals surface area (Å²) in [7, 11) is 0. The molecule has 7 heteroatoms. The quantitative estimate of drug-likeness (QED) is 0.475. The van der Waals surface area contributed by atoms with E-state index in [4.69, 9.17) is 14.2 Å². The zero-order chi connectivity index (χ0) is 29.2. The van der Waals surface area contributed by atoms with Crippen LogP contribution in [-0.4, -0.2) is 136 Å². The Hall–Kier alpha value is -0.280. The lowest BCUT2D eigenvalue weighted by Crippen LogP contribution is -2.44. The van der Waals surface area contributed by atoms with Crippen LogP contribution in [0.25, 0.3) is 0 Å². The minimum atomic E-state index is 0.427. The molecule has 1 unspecified atom stereocenters. The zero-order valence-corrected chi connectivity index (χ0v) is 27.8. The third kappa shape index (κ3) is 18.0. The molecular formula is C32H68N4O3. The molecule has 4 saturated heterocycles. The van der Waals surface area contributed by atoms with Gasteiger partial charge in [-0.25, -0.2) is 0 Å². The molecule has 0 spiro atoms. The van der Waals surface area contributed by atoms with Gasteiger partial charge in [0.1, 0.15) is 0 Å². The second-order valence-corrected chi connectivity index (χ2v) is 13.1. The van der Waals surface area contributed by atoms with Crippen molar-refractivity contribution in [3.63, 3.8) is 0 Å². The molecule has 4 fully saturated rings. The van der Waals surface area contributed by atoms with Gasteiger partial charge in [-0.1, -0.05) is 20.8 Å². The minimum Gasteiger partial charge on any atom is -0.379 e. The van der Waals surface area contributed by atoms with Crippen LogP contribution < -0.4 is 0 Å². The van der Waals surface area contributed by atoms with E-state index in [9.17, 15) is 0 Å². The van der Waals surface area contributed by atoms with Crippen molar-refractivity contribution in [1.29, 1.82) is 0 Å². The third-order valence-corrected chi connectivity index (χ3v) is 8.05. The maximum atomic E-state index is 5.42. The van der Waals surface area contributed by atoms with Crippen LogP contribution in [-0.2, 0) is 14.2 Å². The molecule has 7 nitrogen and oxygen atoms in total. The largest absolute Gasteiger partial charge is 0.379 e. The van der Waals surface area contributed by atoms with Crippen molar-refractivity contribution in [2.45, 2.75) is 106 Å². The first kappa shape index (κ1) is 36.7. The van der Waals surface area contributed by atoms with E-state index in [1.54, 1.807) is 0 Å². The number of ether oxygens (including phenoxy) is 3. The summed E-state index contributed by atoms with van der Waals surface area (Å²) in [5.74, 6) is 1.76. The summed E-state index contributed by atoms with van der Waals surface area (Å²) in [6, 6.07) is 2.12. The van der Waals surface area contributed by atoms with E-state index in [0.717, 1.165) is 90.2 Å². The summed E-state index contributed by atoms with van der Waals surface area (Å²) in [6.45, 7) is 37.6. The van der Waals surface area contributed by atoms with E-state index in [1.807, 2.05) is 0 Å². The Labute approximate surface area is 243 Å². The lowest BCUT2D eigenvalue weighted by atomic mass is 9.98. The number of nitrogens with zero attached hydrogens (tertiary/aromatic N) is 4. The van der Waals surface area contributed by atoms with Gasteiger partial charge < -0.3 is 19.1 Å². The maximum Gasteiger partial charge on any atom is 0.0674 e. The second kappa shape index (κ2) is 21.4. The molecule has 39 heavy (non-hydrogen) atoms. The molecule has 0 aliphatic carbocycles. The Morgan fingerprint density at radius 2 is 1.00 bits per heavy atom. The summed E-state index contributed by atoms with van der Waals surface area (Å²) in [5.41, 5.74) is 0. The SMILES string of the molecule is CC(C)CN1CCOCC1.CC(C)N1CCOCC1.CC1CCN(C(C)C)CC1.CC1CN(C(C)C)CCO1. The van der Waals surface area contributed by atoms with Crippen molar-refractivity contribution >= 4 is 0 Å². The van der Waals surface area contributed by atoms with Crippen molar-refractivity contribution < 1.29 is 14.2 Å². The van der Waals surface area contributed by atoms with Crippen molar-refractivity contribution in [3.8, 4) is 0 Å². The fourth-order valence-electron chi connectivity index (χ4n) is 5.25. The number of rotatable bonds is 5. The standard InChI is InChI=1S/C9H19N.2C8H17NO.C7H15NO/c1-8(2)10-6-4-9(3)5-7-10;1-7(2)9-4-5-10-8(3)6-9;1-8(2)7-9-3-5-10-6-4-9;1-7(2)8-3-5-9-6-4-8/h8-9H,4-7H2,1-3H3;7-8H,4-6H2,1-3H3;8H,3-7H2,1-2H3;7H,3-6H2,1-2H3. The van der Waals surface area contributed by atoms with E-state index in [-0.39, 0.29) is 0 Å². The first-order valence-corrected chi connectivity index (χ1v) is 16.2. The minimum absolute atomic E-state index is 0.427. The van der Waals surface area contributed by atoms with Gasteiger partial charge in [0.05, 0.1) is 39.1 Å². The van der Waals surface area contributed by atoms with Crippen LogP contribution in [0.4, 0.5) is 0 Å².